The van der Waals surface area contributed by atoms with E-state index in [9.17, 15) is 23.2 Å². The molecule has 2 saturated carbocycles. The van der Waals surface area contributed by atoms with Crippen molar-refractivity contribution in [3.63, 3.8) is 0 Å². The van der Waals surface area contributed by atoms with E-state index in [1.54, 1.807) is 11.6 Å². The molecule has 0 atom stereocenters. The number of nitrogens with one attached hydrogen (secondary N) is 1. The Balaban J connectivity index is 0.00000225. The summed E-state index contributed by atoms with van der Waals surface area (Å²) in [4.78, 5) is 42.9. The highest BCUT2D eigenvalue weighted by molar-refractivity contribution is 9.10. The third-order valence-electron chi connectivity index (χ3n) is 5.65. The van der Waals surface area contributed by atoms with Crippen LogP contribution >= 0.6 is 15.9 Å². The van der Waals surface area contributed by atoms with Crippen molar-refractivity contribution in [3.8, 4) is 0 Å². The summed E-state index contributed by atoms with van der Waals surface area (Å²) in [5.41, 5.74) is -0.510. The van der Waals surface area contributed by atoms with Gasteiger partial charge in [-0.25, -0.2) is 18.6 Å². The van der Waals surface area contributed by atoms with E-state index in [0.29, 0.717) is 5.92 Å². The first-order valence-electron chi connectivity index (χ1n) is 8.91. The molecular formula is C18H23BrF2N4O3. The quantitative estimate of drug-likeness (QED) is 0.551. The molecule has 4 rings (SSSR count). The third-order valence-corrected chi connectivity index (χ3v) is 6.58. The van der Waals surface area contributed by atoms with Gasteiger partial charge in [0.25, 0.3) is 5.91 Å². The van der Waals surface area contributed by atoms with E-state index in [1.807, 2.05) is 0 Å². The van der Waals surface area contributed by atoms with Crippen molar-refractivity contribution < 1.29 is 23.2 Å². The Kier molecular flexibility index (Phi) is 5.14. The number of ketones is 1. The maximum absolute atomic E-state index is 13.4. The minimum atomic E-state index is -2.82. The number of rotatable bonds is 4. The first-order valence-corrected chi connectivity index (χ1v) is 9.70. The van der Waals surface area contributed by atoms with Crippen LogP contribution in [0.5, 0.6) is 0 Å². The van der Waals surface area contributed by atoms with Gasteiger partial charge in [0.1, 0.15) is 10.1 Å². The van der Waals surface area contributed by atoms with Gasteiger partial charge >= 0.3 is 6.03 Å². The molecule has 1 saturated heterocycles. The zero-order valence-corrected chi connectivity index (χ0v) is 16.3. The fourth-order valence-electron chi connectivity index (χ4n) is 3.78. The lowest BCUT2D eigenvalue weighted by molar-refractivity contribution is -0.135. The number of carbonyl (C=O) groups excluding carboxylic acids is 3. The van der Waals surface area contributed by atoms with E-state index in [4.69, 9.17) is 0 Å². The third kappa shape index (κ3) is 3.35. The molecule has 28 heavy (non-hydrogen) atoms. The summed E-state index contributed by atoms with van der Waals surface area (Å²) in [6.07, 6.45) is 0.854. The minimum Gasteiger partial charge on any atom is -0.323 e. The van der Waals surface area contributed by atoms with Gasteiger partial charge in [-0.15, -0.1) is 0 Å². The Bertz CT molecular complexity index is 840. The van der Waals surface area contributed by atoms with Crippen molar-refractivity contribution in [2.75, 3.05) is 6.54 Å². The number of hydrogen-bond acceptors (Lipinski definition) is 4. The normalized spacial score (nSPS) is 22.9. The molecule has 1 aromatic heterocycles. The first-order chi connectivity index (χ1) is 12.6. The van der Waals surface area contributed by atoms with Gasteiger partial charge < -0.3 is 9.88 Å². The fraction of sp³-hybridized carbons (Fsp3) is 0.667. The maximum Gasteiger partial charge on any atom is 0.325 e. The van der Waals surface area contributed by atoms with Crippen LogP contribution in [0.15, 0.2) is 4.60 Å². The molecular weight excluding hydrogens is 438 g/mol. The lowest BCUT2D eigenvalue weighted by Crippen LogP contribution is -2.51. The van der Waals surface area contributed by atoms with Crippen LogP contribution in [-0.4, -0.2) is 50.2 Å². The highest BCUT2D eigenvalue weighted by Gasteiger charge is 2.56. The van der Waals surface area contributed by atoms with E-state index in [0.717, 1.165) is 28.0 Å². The molecule has 3 amide bonds. The molecule has 2 heterocycles. The zero-order chi connectivity index (χ0) is 19.6. The molecule has 3 fully saturated rings. The van der Waals surface area contributed by atoms with Crippen molar-refractivity contribution in [1.82, 2.24) is 19.8 Å². The zero-order valence-electron chi connectivity index (χ0n) is 14.7. The molecule has 0 radical (unpaired) electrons. The molecule has 2 aliphatic carbocycles. The van der Waals surface area contributed by atoms with Crippen molar-refractivity contribution in [2.24, 2.45) is 7.05 Å². The standard InChI is InChI=1S/C17H19BrF2N4O3.CH4/c1-23-12(18)11(9-2-3-9)21-13(23)10(25)8-24-14(26)16(22-15(24)27)4-6-17(19,20)7-5-16;/h9H,2-8H2,1H3,(H,22,27);1H4. The summed E-state index contributed by atoms with van der Waals surface area (Å²) in [7, 11) is 1.69. The van der Waals surface area contributed by atoms with Crippen LogP contribution in [0.2, 0.25) is 0 Å². The summed E-state index contributed by atoms with van der Waals surface area (Å²) in [5, 5.41) is 2.54. The monoisotopic (exact) mass is 460 g/mol. The molecule has 7 nitrogen and oxygen atoms in total. The fourth-order valence-corrected chi connectivity index (χ4v) is 4.36. The molecule has 154 valence electrons. The lowest BCUT2D eigenvalue weighted by atomic mass is 9.80. The van der Waals surface area contributed by atoms with Crippen molar-refractivity contribution >= 4 is 33.7 Å². The van der Waals surface area contributed by atoms with Crippen LogP contribution in [0, 0.1) is 0 Å². The molecule has 0 unspecified atom stereocenters. The van der Waals surface area contributed by atoms with Crippen LogP contribution < -0.4 is 5.32 Å². The predicted molar refractivity (Wildman–Crippen MR) is 100 cm³/mol. The Hall–Kier alpha value is -1.84. The van der Waals surface area contributed by atoms with Crippen LogP contribution in [0.25, 0.3) is 0 Å². The van der Waals surface area contributed by atoms with Gasteiger partial charge in [-0.3, -0.25) is 14.5 Å². The molecule has 3 aliphatic rings. The first kappa shape index (κ1) is 20.9. The predicted octanol–water partition coefficient (Wildman–Crippen LogP) is 3.38. The average molecular weight is 461 g/mol. The number of hydrogen-bond donors (Lipinski definition) is 1. The Morgan fingerprint density at radius 2 is 1.86 bits per heavy atom. The molecule has 10 heteroatoms. The van der Waals surface area contributed by atoms with Gasteiger partial charge in [0.15, 0.2) is 5.82 Å². The SMILES string of the molecule is C.Cn1c(C(=O)CN2C(=O)NC3(CCC(F)(F)CC3)C2=O)nc(C2CC2)c1Br. The number of nitrogens with zero attached hydrogens (tertiary/aromatic N) is 3. The molecule has 1 aliphatic heterocycles. The van der Waals surface area contributed by atoms with Crippen molar-refractivity contribution in [3.05, 3.63) is 16.1 Å². The second-order valence-electron chi connectivity index (χ2n) is 7.63. The summed E-state index contributed by atoms with van der Waals surface area (Å²) in [6.45, 7) is -0.454. The molecule has 1 N–H and O–H groups in total. The summed E-state index contributed by atoms with van der Waals surface area (Å²) in [5.74, 6) is -3.40. The van der Waals surface area contributed by atoms with E-state index in [1.165, 1.54) is 0 Å². The number of Topliss-reactive ketones (excluding diaryl/α,β-unsaturated/α-hetero) is 1. The van der Waals surface area contributed by atoms with Gasteiger partial charge in [0, 0.05) is 25.8 Å². The number of amides is 3. The smallest absolute Gasteiger partial charge is 0.323 e. The Morgan fingerprint density at radius 1 is 1.25 bits per heavy atom. The number of alkyl halides is 2. The van der Waals surface area contributed by atoms with E-state index in [2.05, 4.69) is 26.2 Å². The summed E-state index contributed by atoms with van der Waals surface area (Å²) < 4.78 is 29.2. The van der Waals surface area contributed by atoms with Crippen LogP contribution in [0.4, 0.5) is 13.6 Å². The number of carbonyl (C=O) groups is 3. The molecule has 1 spiro atoms. The number of aromatic nitrogens is 2. The molecule has 0 aromatic carbocycles. The molecule has 1 aromatic rings. The number of urea groups is 1. The lowest BCUT2D eigenvalue weighted by Gasteiger charge is -2.34. The second kappa shape index (κ2) is 6.89. The van der Waals surface area contributed by atoms with Crippen LogP contribution in [0.1, 0.15) is 68.2 Å². The largest absolute Gasteiger partial charge is 0.325 e. The van der Waals surface area contributed by atoms with Gasteiger partial charge in [0.05, 0.1) is 12.2 Å². The van der Waals surface area contributed by atoms with Gasteiger partial charge in [-0.2, -0.15) is 0 Å². The van der Waals surface area contributed by atoms with Gasteiger partial charge in [-0.1, -0.05) is 7.43 Å². The molecule has 0 bridgehead atoms. The Morgan fingerprint density at radius 3 is 2.43 bits per heavy atom. The Labute approximate surface area is 170 Å². The topological polar surface area (TPSA) is 84.3 Å². The maximum atomic E-state index is 13.4. The number of imide groups is 1. The van der Waals surface area contributed by atoms with E-state index in [-0.39, 0.29) is 26.1 Å². The highest BCUT2D eigenvalue weighted by Crippen LogP contribution is 2.43. The second-order valence-corrected chi connectivity index (χ2v) is 8.38. The van der Waals surface area contributed by atoms with Crippen LogP contribution in [-0.2, 0) is 11.8 Å². The van der Waals surface area contributed by atoms with E-state index < -0.39 is 48.6 Å². The number of imidazole rings is 1. The van der Waals surface area contributed by atoms with Crippen molar-refractivity contribution in [2.45, 2.75) is 63.3 Å². The van der Waals surface area contributed by atoms with Gasteiger partial charge in [0.2, 0.25) is 11.7 Å². The average Bonchev–Trinajstić information content (AvgIpc) is 3.37. The minimum absolute atomic E-state index is 0. The number of halogens is 3. The summed E-state index contributed by atoms with van der Waals surface area (Å²) >= 11 is 3.43. The van der Waals surface area contributed by atoms with Crippen molar-refractivity contribution in [1.29, 1.82) is 0 Å². The van der Waals surface area contributed by atoms with Crippen LogP contribution in [0.3, 0.4) is 0 Å². The van der Waals surface area contributed by atoms with Gasteiger partial charge in [-0.05, 0) is 41.6 Å². The van der Waals surface area contributed by atoms with E-state index >= 15 is 0 Å². The highest BCUT2D eigenvalue weighted by atomic mass is 79.9. The summed E-state index contributed by atoms with van der Waals surface area (Å²) in [6, 6.07) is -0.714.